The Hall–Kier alpha value is -1.07. The third kappa shape index (κ3) is 4.36. The predicted molar refractivity (Wildman–Crippen MR) is 61.2 cm³/mol. The topological polar surface area (TPSA) is 24.1 Å². The maximum Gasteiger partial charge on any atom is 0.133 e. The predicted octanol–water partition coefficient (Wildman–Crippen LogP) is 2.19. The van der Waals surface area contributed by atoms with Crippen LogP contribution in [0.25, 0.3) is 0 Å². The minimum Gasteiger partial charge on any atom is -0.315 e. The molecule has 2 nitrogen and oxygen atoms in total. The van der Waals surface area contributed by atoms with Crippen molar-refractivity contribution in [3.63, 3.8) is 0 Å². The standard InChI is InChI=1S/C12H17F3N2/c1-3-16-6-8(2)17-7-10-11(14)4-9(13)5-12(10)15/h4-5,8,16-17H,3,6-7H2,1-2H3. The lowest BCUT2D eigenvalue weighted by atomic mass is 10.2. The van der Waals surface area contributed by atoms with Crippen LogP contribution in [-0.4, -0.2) is 19.1 Å². The summed E-state index contributed by atoms with van der Waals surface area (Å²) in [6, 6.07) is 1.46. The van der Waals surface area contributed by atoms with E-state index >= 15 is 0 Å². The molecule has 0 aliphatic heterocycles. The van der Waals surface area contributed by atoms with E-state index in [9.17, 15) is 13.2 Å². The second kappa shape index (κ2) is 6.61. The van der Waals surface area contributed by atoms with Crippen molar-refractivity contribution in [2.24, 2.45) is 0 Å². The Morgan fingerprint density at radius 1 is 1.18 bits per heavy atom. The first-order valence-corrected chi connectivity index (χ1v) is 5.62. The van der Waals surface area contributed by atoms with Crippen molar-refractivity contribution in [1.82, 2.24) is 10.6 Å². The Bertz CT molecular complexity index is 346. The summed E-state index contributed by atoms with van der Waals surface area (Å²) in [5, 5.41) is 6.08. The molecule has 0 amide bonds. The van der Waals surface area contributed by atoms with E-state index in [1.165, 1.54) is 0 Å². The first-order valence-electron chi connectivity index (χ1n) is 5.62. The van der Waals surface area contributed by atoms with E-state index in [1.807, 2.05) is 13.8 Å². The maximum atomic E-state index is 13.3. The summed E-state index contributed by atoms with van der Waals surface area (Å²) in [7, 11) is 0. The molecule has 1 unspecified atom stereocenters. The zero-order chi connectivity index (χ0) is 12.8. The van der Waals surface area contributed by atoms with Crippen molar-refractivity contribution in [1.29, 1.82) is 0 Å². The highest BCUT2D eigenvalue weighted by Gasteiger charge is 2.12. The Morgan fingerprint density at radius 2 is 1.76 bits per heavy atom. The van der Waals surface area contributed by atoms with Crippen LogP contribution in [0.4, 0.5) is 13.2 Å². The van der Waals surface area contributed by atoms with Gasteiger partial charge in [0.15, 0.2) is 0 Å². The lowest BCUT2D eigenvalue weighted by Gasteiger charge is -2.14. The van der Waals surface area contributed by atoms with Crippen molar-refractivity contribution >= 4 is 0 Å². The molecular formula is C12H17F3N2. The van der Waals surface area contributed by atoms with Gasteiger partial charge in [-0.1, -0.05) is 6.92 Å². The molecule has 17 heavy (non-hydrogen) atoms. The largest absolute Gasteiger partial charge is 0.315 e. The Labute approximate surface area is 99.2 Å². The third-order valence-electron chi connectivity index (χ3n) is 2.43. The number of hydrogen-bond acceptors (Lipinski definition) is 2. The minimum atomic E-state index is -0.899. The molecule has 0 fully saturated rings. The quantitative estimate of drug-likeness (QED) is 0.804. The summed E-state index contributed by atoms with van der Waals surface area (Å²) in [6.07, 6.45) is 0. The van der Waals surface area contributed by atoms with Gasteiger partial charge in [-0.3, -0.25) is 0 Å². The molecule has 0 saturated heterocycles. The van der Waals surface area contributed by atoms with Gasteiger partial charge >= 0.3 is 0 Å². The number of hydrogen-bond donors (Lipinski definition) is 2. The average Bonchev–Trinajstić information content (AvgIpc) is 2.24. The van der Waals surface area contributed by atoms with Crippen molar-refractivity contribution < 1.29 is 13.2 Å². The summed E-state index contributed by atoms with van der Waals surface area (Å²) in [5.41, 5.74) is -0.130. The zero-order valence-corrected chi connectivity index (χ0v) is 9.99. The molecule has 0 heterocycles. The van der Waals surface area contributed by atoms with E-state index in [4.69, 9.17) is 0 Å². The Morgan fingerprint density at radius 3 is 2.29 bits per heavy atom. The second-order valence-corrected chi connectivity index (χ2v) is 3.94. The molecule has 2 N–H and O–H groups in total. The van der Waals surface area contributed by atoms with E-state index in [2.05, 4.69) is 10.6 Å². The second-order valence-electron chi connectivity index (χ2n) is 3.94. The Balaban J connectivity index is 2.57. The van der Waals surface area contributed by atoms with Gasteiger partial charge in [0.25, 0.3) is 0 Å². The highest BCUT2D eigenvalue weighted by molar-refractivity contribution is 5.20. The SMILES string of the molecule is CCNCC(C)NCc1c(F)cc(F)cc1F. The highest BCUT2D eigenvalue weighted by atomic mass is 19.1. The zero-order valence-electron chi connectivity index (χ0n) is 9.99. The molecule has 0 aliphatic carbocycles. The van der Waals surface area contributed by atoms with E-state index in [0.29, 0.717) is 18.7 Å². The van der Waals surface area contributed by atoms with Crippen LogP contribution in [0.15, 0.2) is 12.1 Å². The molecule has 1 rings (SSSR count). The molecule has 0 saturated carbocycles. The molecule has 5 heteroatoms. The number of nitrogens with one attached hydrogen (secondary N) is 2. The Kier molecular flexibility index (Phi) is 5.44. The fourth-order valence-corrected chi connectivity index (χ4v) is 1.45. The van der Waals surface area contributed by atoms with Gasteiger partial charge in [0.05, 0.1) is 0 Å². The van der Waals surface area contributed by atoms with Crippen LogP contribution in [0, 0.1) is 17.5 Å². The molecule has 0 radical (unpaired) electrons. The fourth-order valence-electron chi connectivity index (χ4n) is 1.45. The number of rotatable bonds is 6. The van der Waals surface area contributed by atoms with Crippen molar-refractivity contribution in [3.8, 4) is 0 Å². The lowest BCUT2D eigenvalue weighted by Crippen LogP contribution is -2.36. The number of benzene rings is 1. The normalized spacial score (nSPS) is 12.8. The van der Waals surface area contributed by atoms with Gasteiger partial charge in [0, 0.05) is 36.8 Å². The summed E-state index contributed by atoms with van der Waals surface area (Å²) in [5.74, 6) is -2.61. The van der Waals surface area contributed by atoms with Crippen LogP contribution in [0.2, 0.25) is 0 Å². The number of likely N-dealkylation sites (N-methyl/N-ethyl adjacent to an activating group) is 1. The number of halogens is 3. The molecule has 0 bridgehead atoms. The minimum absolute atomic E-state index is 0.0461. The summed E-state index contributed by atoms with van der Waals surface area (Å²) >= 11 is 0. The van der Waals surface area contributed by atoms with Gasteiger partial charge in [-0.2, -0.15) is 0 Å². The van der Waals surface area contributed by atoms with Gasteiger partial charge in [0.2, 0.25) is 0 Å². The van der Waals surface area contributed by atoms with Crippen molar-refractivity contribution in [3.05, 3.63) is 35.1 Å². The van der Waals surface area contributed by atoms with Gasteiger partial charge in [-0.05, 0) is 13.5 Å². The lowest BCUT2D eigenvalue weighted by molar-refractivity contribution is 0.473. The molecule has 96 valence electrons. The average molecular weight is 246 g/mol. The monoisotopic (exact) mass is 246 g/mol. The smallest absolute Gasteiger partial charge is 0.133 e. The van der Waals surface area contributed by atoms with E-state index in [-0.39, 0.29) is 18.2 Å². The fraction of sp³-hybridized carbons (Fsp3) is 0.500. The first-order chi connectivity index (χ1) is 8.04. The third-order valence-corrected chi connectivity index (χ3v) is 2.43. The molecule has 0 aliphatic rings. The van der Waals surface area contributed by atoms with E-state index in [1.54, 1.807) is 0 Å². The van der Waals surface area contributed by atoms with Gasteiger partial charge in [-0.25, -0.2) is 13.2 Å². The van der Waals surface area contributed by atoms with Crippen LogP contribution < -0.4 is 10.6 Å². The molecule has 0 aromatic heterocycles. The van der Waals surface area contributed by atoms with Crippen molar-refractivity contribution in [2.75, 3.05) is 13.1 Å². The molecule has 0 spiro atoms. The summed E-state index contributed by atoms with van der Waals surface area (Å²) < 4.78 is 39.2. The molecular weight excluding hydrogens is 229 g/mol. The van der Waals surface area contributed by atoms with Gasteiger partial charge in [-0.15, -0.1) is 0 Å². The summed E-state index contributed by atoms with van der Waals surface area (Å²) in [4.78, 5) is 0. The van der Waals surface area contributed by atoms with Crippen LogP contribution in [0.3, 0.4) is 0 Å². The van der Waals surface area contributed by atoms with Gasteiger partial charge < -0.3 is 10.6 Å². The van der Waals surface area contributed by atoms with Crippen LogP contribution in [0.5, 0.6) is 0 Å². The van der Waals surface area contributed by atoms with Crippen molar-refractivity contribution in [2.45, 2.75) is 26.4 Å². The van der Waals surface area contributed by atoms with Gasteiger partial charge in [0.1, 0.15) is 17.5 Å². The van der Waals surface area contributed by atoms with E-state index < -0.39 is 17.5 Å². The van der Waals surface area contributed by atoms with Crippen LogP contribution in [-0.2, 0) is 6.54 Å². The molecule has 1 atom stereocenters. The van der Waals surface area contributed by atoms with E-state index in [0.717, 1.165) is 6.54 Å². The molecule has 1 aromatic carbocycles. The highest BCUT2D eigenvalue weighted by Crippen LogP contribution is 2.14. The summed E-state index contributed by atoms with van der Waals surface area (Å²) in [6.45, 7) is 5.48. The molecule has 1 aromatic rings. The maximum absolute atomic E-state index is 13.3. The van der Waals surface area contributed by atoms with Crippen LogP contribution in [0.1, 0.15) is 19.4 Å². The first kappa shape index (κ1) is 14.0. The van der Waals surface area contributed by atoms with Crippen LogP contribution >= 0.6 is 0 Å².